The van der Waals surface area contributed by atoms with Crippen molar-refractivity contribution >= 4 is 5.97 Å². The van der Waals surface area contributed by atoms with Crippen LogP contribution in [0.25, 0.3) is 0 Å². The lowest BCUT2D eigenvalue weighted by atomic mass is 10.1. The average Bonchev–Trinajstić information content (AvgIpc) is 2.91. The molecule has 0 amide bonds. The molecule has 0 saturated heterocycles. The van der Waals surface area contributed by atoms with Crippen molar-refractivity contribution < 1.29 is 9.90 Å². The Morgan fingerprint density at radius 1 is 1.54 bits per heavy atom. The molecule has 2 aliphatic rings. The SMILES string of the molecule is N[C@@H](CCC1CC1C1CC1)C(=O)O. The van der Waals surface area contributed by atoms with Crippen molar-refractivity contribution in [1.82, 2.24) is 0 Å². The summed E-state index contributed by atoms with van der Waals surface area (Å²) in [6, 6.07) is -0.638. The van der Waals surface area contributed by atoms with Crippen LogP contribution < -0.4 is 5.73 Å². The topological polar surface area (TPSA) is 63.3 Å². The molecule has 0 aromatic heterocycles. The van der Waals surface area contributed by atoms with E-state index in [-0.39, 0.29) is 0 Å². The van der Waals surface area contributed by atoms with Gasteiger partial charge in [-0.3, -0.25) is 4.79 Å². The number of carboxylic acid groups (broad SMARTS) is 1. The smallest absolute Gasteiger partial charge is 0.320 e. The van der Waals surface area contributed by atoms with Crippen LogP contribution >= 0.6 is 0 Å². The first-order chi connectivity index (χ1) is 6.18. The second kappa shape index (κ2) is 3.29. The van der Waals surface area contributed by atoms with E-state index in [2.05, 4.69) is 0 Å². The van der Waals surface area contributed by atoms with Gasteiger partial charge in [-0.25, -0.2) is 0 Å². The standard InChI is InChI=1S/C10H17NO2/c11-9(10(12)13)4-3-7-5-8(7)6-1-2-6/h6-9H,1-5,11H2,(H,12,13)/t7?,8?,9-/m0/s1. The number of carboxylic acids is 1. The van der Waals surface area contributed by atoms with Crippen molar-refractivity contribution in [3.63, 3.8) is 0 Å². The maximum Gasteiger partial charge on any atom is 0.320 e. The zero-order valence-corrected chi connectivity index (χ0v) is 7.78. The van der Waals surface area contributed by atoms with Crippen molar-refractivity contribution in [2.24, 2.45) is 23.5 Å². The third kappa shape index (κ3) is 2.21. The summed E-state index contributed by atoms with van der Waals surface area (Å²) in [6.45, 7) is 0. The van der Waals surface area contributed by atoms with Gasteiger partial charge in [0.1, 0.15) is 6.04 Å². The maximum absolute atomic E-state index is 10.4. The Hall–Kier alpha value is -0.570. The van der Waals surface area contributed by atoms with Gasteiger partial charge in [-0.1, -0.05) is 0 Å². The number of nitrogens with two attached hydrogens (primary N) is 1. The van der Waals surface area contributed by atoms with Crippen LogP contribution in [0.3, 0.4) is 0 Å². The summed E-state index contributed by atoms with van der Waals surface area (Å²) in [5, 5.41) is 8.58. The van der Waals surface area contributed by atoms with E-state index >= 15 is 0 Å². The monoisotopic (exact) mass is 183 g/mol. The van der Waals surface area contributed by atoms with Gasteiger partial charge in [-0.05, 0) is 49.9 Å². The minimum absolute atomic E-state index is 0.638. The number of carbonyl (C=O) groups is 1. The van der Waals surface area contributed by atoms with Crippen molar-refractivity contribution in [1.29, 1.82) is 0 Å². The van der Waals surface area contributed by atoms with E-state index in [0.717, 1.165) is 24.2 Å². The lowest BCUT2D eigenvalue weighted by Crippen LogP contribution is -2.29. The highest BCUT2D eigenvalue weighted by Gasteiger charge is 2.46. The summed E-state index contributed by atoms with van der Waals surface area (Å²) in [5.41, 5.74) is 5.43. The first kappa shape index (κ1) is 9.00. The molecule has 0 spiro atoms. The molecule has 3 heteroatoms. The highest BCUT2D eigenvalue weighted by atomic mass is 16.4. The van der Waals surface area contributed by atoms with E-state index in [0.29, 0.717) is 6.42 Å². The summed E-state index contributed by atoms with van der Waals surface area (Å²) in [4.78, 5) is 10.4. The van der Waals surface area contributed by atoms with Crippen molar-refractivity contribution in [3.8, 4) is 0 Å². The number of hydrogen-bond acceptors (Lipinski definition) is 2. The van der Waals surface area contributed by atoms with Crippen LogP contribution in [0.15, 0.2) is 0 Å². The molecule has 0 heterocycles. The molecular formula is C10H17NO2. The molecule has 74 valence electrons. The second-order valence-electron chi connectivity index (χ2n) is 4.52. The Kier molecular flexibility index (Phi) is 2.28. The van der Waals surface area contributed by atoms with Crippen molar-refractivity contribution in [2.75, 3.05) is 0 Å². The molecule has 2 saturated carbocycles. The summed E-state index contributed by atoms with van der Waals surface area (Å²) in [5.74, 6) is 1.87. The van der Waals surface area contributed by atoms with E-state index in [1.807, 2.05) is 0 Å². The molecule has 2 aliphatic carbocycles. The first-order valence-electron chi connectivity index (χ1n) is 5.17. The Bertz CT molecular complexity index is 213. The Morgan fingerprint density at radius 2 is 2.23 bits per heavy atom. The largest absolute Gasteiger partial charge is 0.480 e. The van der Waals surface area contributed by atoms with Crippen LogP contribution in [0.2, 0.25) is 0 Å². The number of hydrogen-bond donors (Lipinski definition) is 2. The molecule has 3 atom stereocenters. The first-order valence-corrected chi connectivity index (χ1v) is 5.17. The van der Waals surface area contributed by atoms with Gasteiger partial charge < -0.3 is 10.8 Å². The van der Waals surface area contributed by atoms with E-state index < -0.39 is 12.0 Å². The van der Waals surface area contributed by atoms with E-state index in [9.17, 15) is 4.79 Å². The molecule has 3 nitrogen and oxygen atoms in total. The van der Waals surface area contributed by atoms with E-state index in [1.165, 1.54) is 19.3 Å². The third-order valence-electron chi connectivity index (χ3n) is 3.37. The third-order valence-corrected chi connectivity index (χ3v) is 3.37. The molecule has 2 fully saturated rings. The Morgan fingerprint density at radius 3 is 2.77 bits per heavy atom. The Labute approximate surface area is 78.3 Å². The van der Waals surface area contributed by atoms with Gasteiger partial charge in [0, 0.05) is 0 Å². The molecule has 0 aliphatic heterocycles. The fourth-order valence-electron chi connectivity index (χ4n) is 2.22. The molecule has 0 aromatic carbocycles. The second-order valence-corrected chi connectivity index (χ2v) is 4.52. The van der Waals surface area contributed by atoms with Crippen molar-refractivity contribution in [2.45, 2.75) is 38.1 Å². The van der Waals surface area contributed by atoms with Gasteiger partial charge in [0.25, 0.3) is 0 Å². The summed E-state index contributed by atoms with van der Waals surface area (Å²) in [6.07, 6.45) is 5.83. The minimum Gasteiger partial charge on any atom is -0.480 e. The van der Waals surface area contributed by atoms with Crippen LogP contribution in [0.5, 0.6) is 0 Å². The van der Waals surface area contributed by atoms with Gasteiger partial charge in [0.15, 0.2) is 0 Å². The van der Waals surface area contributed by atoms with Crippen LogP contribution in [0.4, 0.5) is 0 Å². The van der Waals surface area contributed by atoms with Crippen molar-refractivity contribution in [3.05, 3.63) is 0 Å². The van der Waals surface area contributed by atoms with E-state index in [4.69, 9.17) is 10.8 Å². The summed E-state index contributed by atoms with van der Waals surface area (Å²) < 4.78 is 0. The molecular weight excluding hydrogens is 166 g/mol. The zero-order valence-electron chi connectivity index (χ0n) is 7.78. The fraction of sp³-hybridized carbons (Fsp3) is 0.900. The molecule has 2 unspecified atom stereocenters. The molecule has 0 radical (unpaired) electrons. The fourth-order valence-corrected chi connectivity index (χ4v) is 2.22. The molecule has 0 bridgehead atoms. The quantitative estimate of drug-likeness (QED) is 0.673. The van der Waals surface area contributed by atoms with Gasteiger partial charge in [0.2, 0.25) is 0 Å². The highest BCUT2D eigenvalue weighted by Crippen LogP contribution is 2.55. The summed E-state index contributed by atoms with van der Waals surface area (Å²) in [7, 11) is 0. The molecule has 13 heavy (non-hydrogen) atoms. The number of aliphatic carboxylic acids is 1. The summed E-state index contributed by atoms with van der Waals surface area (Å²) >= 11 is 0. The van der Waals surface area contributed by atoms with Gasteiger partial charge in [-0.15, -0.1) is 0 Å². The van der Waals surface area contributed by atoms with Gasteiger partial charge in [-0.2, -0.15) is 0 Å². The lowest BCUT2D eigenvalue weighted by Gasteiger charge is -2.04. The van der Waals surface area contributed by atoms with Crippen LogP contribution in [-0.2, 0) is 4.79 Å². The predicted molar refractivity (Wildman–Crippen MR) is 49.2 cm³/mol. The molecule has 3 N–H and O–H groups in total. The van der Waals surface area contributed by atoms with Gasteiger partial charge in [0.05, 0.1) is 0 Å². The van der Waals surface area contributed by atoms with Gasteiger partial charge >= 0.3 is 5.97 Å². The molecule has 2 rings (SSSR count). The van der Waals surface area contributed by atoms with Crippen LogP contribution in [0.1, 0.15) is 32.1 Å². The average molecular weight is 183 g/mol. The zero-order chi connectivity index (χ0) is 9.42. The van der Waals surface area contributed by atoms with E-state index in [1.54, 1.807) is 0 Å². The Balaban J connectivity index is 1.61. The highest BCUT2D eigenvalue weighted by molar-refractivity contribution is 5.72. The van der Waals surface area contributed by atoms with Crippen LogP contribution in [-0.4, -0.2) is 17.1 Å². The lowest BCUT2D eigenvalue weighted by molar-refractivity contribution is -0.138. The minimum atomic E-state index is -0.858. The molecule has 0 aromatic rings. The number of rotatable bonds is 5. The maximum atomic E-state index is 10.4. The predicted octanol–water partition coefficient (Wildman–Crippen LogP) is 1.22. The van der Waals surface area contributed by atoms with Crippen LogP contribution in [0, 0.1) is 17.8 Å². The normalized spacial score (nSPS) is 34.2.